The minimum absolute atomic E-state index is 0.643. The summed E-state index contributed by atoms with van der Waals surface area (Å²) >= 11 is 0. The second-order valence-electron chi connectivity index (χ2n) is 12.9. The quantitative estimate of drug-likeness (QED) is 0.117. The maximum absolute atomic E-state index is 6.51. The van der Waals surface area contributed by atoms with E-state index >= 15 is 0 Å². The van der Waals surface area contributed by atoms with Crippen molar-refractivity contribution in [2.75, 3.05) is 52.5 Å². The topological polar surface area (TPSA) is 52.0 Å². The molecule has 0 saturated carbocycles. The predicted molar refractivity (Wildman–Crippen MR) is 188 cm³/mol. The molecule has 2 aliphatic rings. The van der Waals surface area contributed by atoms with Crippen LogP contribution in [0.15, 0.2) is 60.7 Å². The lowest BCUT2D eigenvalue weighted by atomic mass is 10.1. The van der Waals surface area contributed by atoms with Gasteiger partial charge in [0.25, 0.3) is 0 Å². The fourth-order valence-corrected chi connectivity index (χ4v) is 6.65. The summed E-state index contributed by atoms with van der Waals surface area (Å²) in [4.78, 5) is 10.2. The molecule has 3 heterocycles. The second kappa shape index (κ2) is 16.3. The molecule has 0 bridgehead atoms. The van der Waals surface area contributed by atoms with E-state index in [1.165, 1.54) is 57.2 Å². The number of ether oxygens (including phenoxy) is 3. The molecule has 246 valence electrons. The first-order valence-electron chi connectivity index (χ1n) is 17.8. The first-order valence-corrected chi connectivity index (χ1v) is 17.8. The molecule has 0 amide bonds. The molecule has 7 nitrogen and oxygen atoms in total. The van der Waals surface area contributed by atoms with Gasteiger partial charge < -0.3 is 18.8 Å². The van der Waals surface area contributed by atoms with Crippen molar-refractivity contribution in [1.82, 2.24) is 19.4 Å². The zero-order valence-corrected chi connectivity index (χ0v) is 28.0. The van der Waals surface area contributed by atoms with Gasteiger partial charge in [-0.3, -0.25) is 9.80 Å². The molecule has 7 heteroatoms. The van der Waals surface area contributed by atoms with Crippen LogP contribution < -0.4 is 14.2 Å². The molecule has 0 radical (unpaired) electrons. The van der Waals surface area contributed by atoms with E-state index in [1.807, 2.05) is 6.07 Å². The van der Waals surface area contributed by atoms with E-state index < -0.39 is 0 Å². The number of likely N-dealkylation sites (tertiary alicyclic amines) is 2. The van der Waals surface area contributed by atoms with Crippen molar-refractivity contribution in [3.05, 3.63) is 66.2 Å². The van der Waals surface area contributed by atoms with Gasteiger partial charge in [-0.25, -0.2) is 4.98 Å². The van der Waals surface area contributed by atoms with Crippen molar-refractivity contribution in [2.24, 2.45) is 0 Å². The SMILES string of the molecule is CCCCc1ccc(Oc2cccc(-c3nc4c(OCCN5CCCC5)cc(OCCN5CCCC5)cc4n3CCCC)c2)cc1. The lowest BCUT2D eigenvalue weighted by Gasteiger charge is -2.17. The van der Waals surface area contributed by atoms with Crippen LogP contribution in [0.5, 0.6) is 23.0 Å². The first kappa shape index (κ1) is 32.4. The van der Waals surface area contributed by atoms with Crippen LogP contribution in [-0.4, -0.2) is 71.8 Å². The molecule has 2 aliphatic heterocycles. The number of hydrogen-bond acceptors (Lipinski definition) is 6. The number of benzene rings is 3. The summed E-state index contributed by atoms with van der Waals surface area (Å²) < 4.78 is 21.6. The number of unbranched alkanes of at least 4 members (excludes halogenated alkanes) is 2. The molecule has 0 aliphatic carbocycles. The first-order chi connectivity index (χ1) is 22.7. The highest BCUT2D eigenvalue weighted by molar-refractivity contribution is 5.87. The van der Waals surface area contributed by atoms with E-state index in [9.17, 15) is 0 Å². The zero-order chi connectivity index (χ0) is 31.6. The molecule has 0 atom stereocenters. The number of aromatic nitrogens is 2. The van der Waals surface area contributed by atoms with Gasteiger partial charge >= 0.3 is 0 Å². The lowest BCUT2D eigenvalue weighted by molar-refractivity contribution is 0.231. The third kappa shape index (κ3) is 8.42. The Morgan fingerprint density at radius 1 is 0.674 bits per heavy atom. The highest BCUT2D eigenvalue weighted by atomic mass is 16.5. The van der Waals surface area contributed by atoms with E-state index in [4.69, 9.17) is 19.2 Å². The van der Waals surface area contributed by atoms with Crippen molar-refractivity contribution < 1.29 is 14.2 Å². The molecule has 3 aromatic carbocycles. The van der Waals surface area contributed by atoms with Crippen molar-refractivity contribution in [1.29, 1.82) is 0 Å². The van der Waals surface area contributed by atoms with Crippen LogP contribution in [0, 0.1) is 0 Å². The van der Waals surface area contributed by atoms with E-state index in [0.717, 1.165) is 97.4 Å². The number of hydrogen-bond donors (Lipinski definition) is 0. The summed E-state index contributed by atoms with van der Waals surface area (Å²) in [5.41, 5.74) is 4.34. The number of rotatable bonds is 17. The van der Waals surface area contributed by atoms with Crippen molar-refractivity contribution in [2.45, 2.75) is 78.2 Å². The van der Waals surface area contributed by atoms with Crippen LogP contribution in [0.3, 0.4) is 0 Å². The van der Waals surface area contributed by atoms with Gasteiger partial charge in [-0.05, 0) is 101 Å². The molecule has 46 heavy (non-hydrogen) atoms. The van der Waals surface area contributed by atoms with Gasteiger partial charge in [0.15, 0.2) is 5.75 Å². The van der Waals surface area contributed by atoms with Gasteiger partial charge in [0, 0.05) is 37.3 Å². The highest BCUT2D eigenvalue weighted by Gasteiger charge is 2.20. The van der Waals surface area contributed by atoms with Gasteiger partial charge in [0.1, 0.15) is 41.8 Å². The Labute approximate surface area is 275 Å². The standard InChI is InChI=1S/C39H52N4O3/c1-3-5-12-31-15-17-33(18-16-31)46-34-14-11-13-32(28-34)39-40-38-36(43(39)23-6-4-2)29-35(44-26-24-41-19-7-8-20-41)30-37(38)45-27-25-42-21-9-10-22-42/h11,13-18,28-30H,3-10,12,19-27H2,1-2H3. The fraction of sp³-hybridized carbons (Fsp3) is 0.513. The third-order valence-corrected chi connectivity index (χ3v) is 9.34. The van der Waals surface area contributed by atoms with Crippen LogP contribution in [0.2, 0.25) is 0 Å². The molecule has 0 spiro atoms. The Kier molecular flexibility index (Phi) is 11.5. The van der Waals surface area contributed by atoms with Crippen LogP contribution in [-0.2, 0) is 13.0 Å². The largest absolute Gasteiger partial charge is 0.492 e. The Hall–Kier alpha value is -3.55. The summed E-state index contributed by atoms with van der Waals surface area (Å²) in [7, 11) is 0. The summed E-state index contributed by atoms with van der Waals surface area (Å²) in [5.74, 6) is 4.25. The molecule has 2 fully saturated rings. The van der Waals surface area contributed by atoms with E-state index in [0.29, 0.717) is 13.2 Å². The van der Waals surface area contributed by atoms with E-state index in [1.54, 1.807) is 0 Å². The minimum atomic E-state index is 0.643. The van der Waals surface area contributed by atoms with Crippen LogP contribution in [0.25, 0.3) is 22.4 Å². The normalized spacial score (nSPS) is 15.6. The van der Waals surface area contributed by atoms with Gasteiger partial charge in [0.2, 0.25) is 0 Å². The average Bonchev–Trinajstić information content (AvgIpc) is 3.86. The van der Waals surface area contributed by atoms with Gasteiger partial charge in [0.05, 0.1) is 5.52 Å². The monoisotopic (exact) mass is 624 g/mol. The molecule has 0 N–H and O–H groups in total. The highest BCUT2D eigenvalue weighted by Crippen LogP contribution is 2.36. The number of fused-ring (bicyclic) bond motifs is 1. The molecule has 0 unspecified atom stereocenters. The molecular formula is C39H52N4O3. The van der Waals surface area contributed by atoms with Crippen LogP contribution in [0.4, 0.5) is 0 Å². The van der Waals surface area contributed by atoms with E-state index in [2.05, 4.69) is 82.8 Å². The Morgan fingerprint density at radius 2 is 1.37 bits per heavy atom. The fourth-order valence-electron chi connectivity index (χ4n) is 6.65. The number of nitrogens with zero attached hydrogens (tertiary/aromatic N) is 4. The van der Waals surface area contributed by atoms with Crippen molar-refractivity contribution >= 4 is 11.0 Å². The summed E-state index contributed by atoms with van der Waals surface area (Å²) in [6.07, 6.45) is 10.8. The molecular weight excluding hydrogens is 572 g/mol. The van der Waals surface area contributed by atoms with Gasteiger partial charge in [-0.1, -0.05) is 51.0 Å². The molecule has 6 rings (SSSR count). The lowest BCUT2D eigenvalue weighted by Crippen LogP contribution is -2.25. The maximum Gasteiger partial charge on any atom is 0.150 e. The molecule has 1 aromatic heterocycles. The predicted octanol–water partition coefficient (Wildman–Crippen LogP) is 8.59. The number of aryl methyl sites for hydroxylation is 2. The van der Waals surface area contributed by atoms with Gasteiger partial charge in [-0.2, -0.15) is 0 Å². The summed E-state index contributed by atoms with van der Waals surface area (Å²) in [6.45, 7) is 13.2. The Morgan fingerprint density at radius 3 is 2.07 bits per heavy atom. The molecule has 2 saturated heterocycles. The Balaban J connectivity index is 1.28. The van der Waals surface area contributed by atoms with Crippen molar-refractivity contribution in [3.8, 4) is 34.4 Å². The average molecular weight is 625 g/mol. The summed E-state index contributed by atoms with van der Waals surface area (Å²) in [5, 5.41) is 0. The second-order valence-corrected chi connectivity index (χ2v) is 12.9. The minimum Gasteiger partial charge on any atom is -0.492 e. The Bertz CT molecular complexity index is 1520. The smallest absolute Gasteiger partial charge is 0.150 e. The summed E-state index contributed by atoms with van der Waals surface area (Å²) in [6, 6.07) is 21.0. The number of imidazole rings is 1. The maximum atomic E-state index is 6.51. The van der Waals surface area contributed by atoms with Crippen molar-refractivity contribution in [3.63, 3.8) is 0 Å². The van der Waals surface area contributed by atoms with Crippen LogP contribution in [0.1, 0.15) is 70.8 Å². The van der Waals surface area contributed by atoms with E-state index in [-0.39, 0.29) is 0 Å². The van der Waals surface area contributed by atoms with Gasteiger partial charge in [-0.15, -0.1) is 0 Å². The molecule has 4 aromatic rings. The zero-order valence-electron chi connectivity index (χ0n) is 28.0. The third-order valence-electron chi connectivity index (χ3n) is 9.34. The van der Waals surface area contributed by atoms with Crippen LogP contribution >= 0.6 is 0 Å².